The summed E-state index contributed by atoms with van der Waals surface area (Å²) in [5, 5.41) is 19.2. The minimum atomic E-state index is -1.36. The van der Waals surface area contributed by atoms with Gasteiger partial charge in [-0.25, -0.2) is 4.79 Å². The third kappa shape index (κ3) is 18.7. The number of nitrogens with two attached hydrogens (primary N) is 1. The van der Waals surface area contributed by atoms with Crippen molar-refractivity contribution in [3.8, 4) is 0 Å². The number of amides is 4. The molecule has 0 saturated carbocycles. The summed E-state index contributed by atoms with van der Waals surface area (Å²) in [7, 11) is 0. The van der Waals surface area contributed by atoms with Crippen LogP contribution in [0.1, 0.15) is 100 Å². The molecule has 0 bridgehead atoms. The summed E-state index contributed by atoms with van der Waals surface area (Å²) in [4.78, 5) is 87.1. The second kappa shape index (κ2) is 18.8. The highest BCUT2D eigenvalue weighted by atomic mass is 16.6. The van der Waals surface area contributed by atoms with Gasteiger partial charge in [0.15, 0.2) is 0 Å². The molecule has 0 aromatic carbocycles. The first-order valence-corrected chi connectivity index (χ1v) is 14.7. The normalized spacial score (nSPS) is 14.2. The Morgan fingerprint density at radius 1 is 0.659 bits per heavy atom. The summed E-state index contributed by atoms with van der Waals surface area (Å²) >= 11 is 0. The SMILES string of the molecule is CC(=O)N[C@@H](CCC(=O)OC(C)(C)C)C(=O)N[C@@H](CCC(=O)OC(C)(C)C)C(=O)N[C@@H](C)C(=O)N[C@@H](CCCCN)C(=O)O. The number of carboxylic acids is 1. The summed E-state index contributed by atoms with van der Waals surface area (Å²) in [5.74, 6) is -5.46. The average Bonchev–Trinajstić information content (AvgIpc) is 2.85. The van der Waals surface area contributed by atoms with Crippen molar-refractivity contribution in [2.75, 3.05) is 6.54 Å². The van der Waals surface area contributed by atoms with E-state index in [2.05, 4.69) is 21.3 Å². The Morgan fingerprint density at radius 2 is 1.09 bits per heavy atom. The van der Waals surface area contributed by atoms with Crippen LogP contribution < -0.4 is 27.0 Å². The maximum atomic E-state index is 13.2. The molecule has 252 valence electrons. The summed E-state index contributed by atoms with van der Waals surface area (Å²) < 4.78 is 10.5. The highest BCUT2D eigenvalue weighted by molar-refractivity contribution is 5.95. The van der Waals surface area contributed by atoms with Gasteiger partial charge < -0.3 is 41.6 Å². The molecule has 0 aliphatic heterocycles. The number of hydrogen-bond donors (Lipinski definition) is 6. The van der Waals surface area contributed by atoms with Crippen LogP contribution in [0.3, 0.4) is 0 Å². The number of hydrogen-bond acceptors (Lipinski definition) is 10. The van der Waals surface area contributed by atoms with Crippen molar-refractivity contribution in [3.63, 3.8) is 0 Å². The standard InChI is InChI=1S/C29H51N5O10/c1-17(24(38)34-21(27(41)42)11-9-10-16-30)31-25(39)20(13-15-23(37)44-29(6,7)8)33-26(40)19(32-18(2)35)12-14-22(36)43-28(3,4)5/h17,19-21H,9-16,30H2,1-8H3,(H,31,39)(H,32,35)(H,33,40)(H,34,38)(H,41,42)/t17-,19-,20-,21-/m0/s1. The van der Waals surface area contributed by atoms with Gasteiger partial charge in [-0.05, 0) is 87.1 Å². The van der Waals surface area contributed by atoms with Gasteiger partial charge in [0, 0.05) is 19.8 Å². The van der Waals surface area contributed by atoms with Crippen LogP contribution >= 0.6 is 0 Å². The first-order valence-electron chi connectivity index (χ1n) is 14.7. The molecule has 0 aromatic rings. The molecule has 0 rings (SSSR count). The highest BCUT2D eigenvalue weighted by Gasteiger charge is 2.31. The van der Waals surface area contributed by atoms with E-state index < -0.39 is 76.9 Å². The van der Waals surface area contributed by atoms with E-state index in [1.807, 2.05) is 0 Å². The first kappa shape index (κ1) is 40.2. The number of unbranched alkanes of at least 4 members (excludes halogenated alkanes) is 1. The Bertz CT molecular complexity index is 1020. The topological polar surface area (TPSA) is 232 Å². The van der Waals surface area contributed by atoms with Gasteiger partial charge >= 0.3 is 17.9 Å². The second-order valence-corrected chi connectivity index (χ2v) is 12.5. The van der Waals surface area contributed by atoms with Crippen molar-refractivity contribution >= 4 is 41.5 Å². The molecule has 44 heavy (non-hydrogen) atoms. The molecule has 0 saturated heterocycles. The first-order chi connectivity index (χ1) is 20.1. The largest absolute Gasteiger partial charge is 0.480 e. The fraction of sp³-hybridized carbons (Fsp3) is 0.759. The molecule has 15 nitrogen and oxygen atoms in total. The number of carbonyl (C=O) groups is 7. The molecule has 0 heterocycles. The van der Waals surface area contributed by atoms with Gasteiger partial charge in [0.05, 0.1) is 0 Å². The summed E-state index contributed by atoms with van der Waals surface area (Å²) in [6.45, 7) is 12.9. The van der Waals surface area contributed by atoms with E-state index in [-0.39, 0.29) is 32.1 Å². The van der Waals surface area contributed by atoms with Crippen LogP contribution in [-0.4, -0.2) is 88.6 Å². The highest BCUT2D eigenvalue weighted by Crippen LogP contribution is 2.13. The zero-order chi connectivity index (χ0) is 34.3. The van der Waals surface area contributed by atoms with E-state index in [9.17, 15) is 38.7 Å². The molecule has 0 spiro atoms. The maximum Gasteiger partial charge on any atom is 0.326 e. The zero-order valence-electron chi connectivity index (χ0n) is 27.2. The lowest BCUT2D eigenvalue weighted by Gasteiger charge is -2.25. The lowest BCUT2D eigenvalue weighted by Crippen LogP contribution is -2.57. The van der Waals surface area contributed by atoms with Crippen molar-refractivity contribution in [2.24, 2.45) is 5.73 Å². The van der Waals surface area contributed by atoms with Crippen LogP contribution in [0, 0.1) is 0 Å². The number of aliphatic carboxylic acids is 1. The number of rotatable bonds is 18. The van der Waals surface area contributed by atoms with Gasteiger partial charge in [-0.2, -0.15) is 0 Å². The van der Waals surface area contributed by atoms with Crippen LogP contribution in [0.5, 0.6) is 0 Å². The number of nitrogens with one attached hydrogen (secondary N) is 4. The fourth-order valence-corrected chi connectivity index (χ4v) is 3.79. The summed E-state index contributed by atoms with van der Waals surface area (Å²) in [5.41, 5.74) is 3.89. The molecule has 7 N–H and O–H groups in total. The van der Waals surface area contributed by atoms with Gasteiger partial charge in [0.25, 0.3) is 0 Å². The molecule has 15 heteroatoms. The lowest BCUT2D eigenvalue weighted by atomic mass is 10.1. The van der Waals surface area contributed by atoms with Crippen LogP contribution in [0.15, 0.2) is 0 Å². The number of esters is 2. The van der Waals surface area contributed by atoms with E-state index in [1.165, 1.54) is 13.8 Å². The number of carbonyl (C=O) groups excluding carboxylic acids is 6. The Hall–Kier alpha value is -3.75. The van der Waals surface area contributed by atoms with Gasteiger partial charge in [-0.15, -0.1) is 0 Å². The predicted molar refractivity (Wildman–Crippen MR) is 160 cm³/mol. The molecule has 0 unspecified atom stereocenters. The van der Waals surface area contributed by atoms with Gasteiger partial charge in [0.2, 0.25) is 23.6 Å². The van der Waals surface area contributed by atoms with Crippen molar-refractivity contribution in [1.82, 2.24) is 21.3 Å². The third-order valence-corrected chi connectivity index (χ3v) is 5.75. The fourth-order valence-electron chi connectivity index (χ4n) is 3.79. The molecule has 0 aromatic heterocycles. The monoisotopic (exact) mass is 629 g/mol. The lowest BCUT2D eigenvalue weighted by molar-refractivity contribution is -0.156. The van der Waals surface area contributed by atoms with Gasteiger partial charge in [-0.3, -0.25) is 28.8 Å². The Kier molecular flexibility index (Phi) is 17.2. The number of carboxylic acid groups (broad SMARTS) is 1. The molecule has 0 fully saturated rings. The quantitative estimate of drug-likeness (QED) is 0.0898. The minimum absolute atomic E-state index is 0.139. The minimum Gasteiger partial charge on any atom is -0.480 e. The summed E-state index contributed by atoms with van der Waals surface area (Å²) in [6.07, 6.45) is 0.329. The van der Waals surface area contributed by atoms with Crippen LogP contribution in [-0.2, 0) is 43.0 Å². The van der Waals surface area contributed by atoms with Gasteiger partial charge in [-0.1, -0.05) is 0 Å². The smallest absolute Gasteiger partial charge is 0.326 e. The molecule has 4 atom stereocenters. The Morgan fingerprint density at radius 3 is 1.50 bits per heavy atom. The van der Waals surface area contributed by atoms with E-state index in [0.29, 0.717) is 19.4 Å². The van der Waals surface area contributed by atoms with E-state index in [1.54, 1.807) is 41.5 Å². The number of ether oxygens (including phenoxy) is 2. The van der Waals surface area contributed by atoms with Crippen molar-refractivity contribution in [3.05, 3.63) is 0 Å². The maximum absolute atomic E-state index is 13.2. The predicted octanol–water partition coefficient (Wildman–Crippen LogP) is 0.423. The Balaban J connectivity index is 5.75. The average molecular weight is 630 g/mol. The second-order valence-electron chi connectivity index (χ2n) is 12.5. The van der Waals surface area contributed by atoms with Crippen molar-refractivity contribution in [2.45, 2.75) is 136 Å². The summed E-state index contributed by atoms with van der Waals surface area (Å²) in [6, 6.07) is -4.98. The van der Waals surface area contributed by atoms with Crippen molar-refractivity contribution < 1.29 is 48.1 Å². The van der Waals surface area contributed by atoms with Crippen LogP contribution in [0.2, 0.25) is 0 Å². The van der Waals surface area contributed by atoms with E-state index in [0.717, 1.165) is 0 Å². The zero-order valence-corrected chi connectivity index (χ0v) is 27.2. The van der Waals surface area contributed by atoms with Crippen molar-refractivity contribution in [1.29, 1.82) is 0 Å². The molecular formula is C29H51N5O10. The Labute approximate surface area is 259 Å². The molecular weight excluding hydrogens is 578 g/mol. The molecule has 4 amide bonds. The van der Waals surface area contributed by atoms with Gasteiger partial charge in [0.1, 0.15) is 35.4 Å². The third-order valence-electron chi connectivity index (χ3n) is 5.75. The van der Waals surface area contributed by atoms with E-state index >= 15 is 0 Å². The van der Waals surface area contributed by atoms with E-state index in [4.69, 9.17) is 15.2 Å². The molecule has 0 aliphatic carbocycles. The molecule has 0 radical (unpaired) electrons. The van der Waals surface area contributed by atoms with Crippen LogP contribution in [0.4, 0.5) is 0 Å². The molecule has 0 aliphatic rings. The van der Waals surface area contributed by atoms with Crippen LogP contribution in [0.25, 0.3) is 0 Å².